The van der Waals surface area contributed by atoms with Crippen LogP contribution in [0.2, 0.25) is 5.02 Å². The molecule has 0 aromatic carbocycles. The second kappa shape index (κ2) is 5.55. The highest BCUT2D eigenvalue weighted by molar-refractivity contribution is 6.36. The molecule has 0 aliphatic heterocycles. The smallest absolute Gasteiger partial charge is 0.171 e. The molecule has 6 heteroatoms. The van der Waals surface area contributed by atoms with Gasteiger partial charge in [-0.1, -0.05) is 23.7 Å². The fourth-order valence-electron chi connectivity index (χ4n) is 1.39. The molecule has 0 atom stereocenters. The van der Waals surface area contributed by atoms with E-state index in [0.29, 0.717) is 16.4 Å². The van der Waals surface area contributed by atoms with Gasteiger partial charge >= 0.3 is 0 Å². The molecule has 1 heterocycles. The van der Waals surface area contributed by atoms with E-state index in [1.54, 1.807) is 12.3 Å². The molecule has 0 aliphatic rings. The summed E-state index contributed by atoms with van der Waals surface area (Å²) in [4.78, 5) is 6.10. The molecule has 0 unspecified atom stereocenters. The Bertz CT molecular complexity index is 394. The van der Waals surface area contributed by atoms with E-state index in [0.717, 1.165) is 13.0 Å². The van der Waals surface area contributed by atoms with Crippen molar-refractivity contribution < 1.29 is 5.21 Å². The Labute approximate surface area is 99.5 Å². The van der Waals surface area contributed by atoms with Gasteiger partial charge in [-0.3, -0.25) is 0 Å². The lowest BCUT2D eigenvalue weighted by molar-refractivity contribution is 0.318. The van der Waals surface area contributed by atoms with Crippen molar-refractivity contribution in [3.8, 4) is 0 Å². The maximum Gasteiger partial charge on any atom is 0.171 e. The minimum atomic E-state index is -0.0152. The maximum absolute atomic E-state index is 8.62. The van der Waals surface area contributed by atoms with Crippen LogP contribution in [0.25, 0.3) is 0 Å². The van der Waals surface area contributed by atoms with E-state index in [1.807, 2.05) is 11.9 Å². The zero-order valence-corrected chi connectivity index (χ0v) is 10.1. The molecule has 0 amide bonds. The minimum absolute atomic E-state index is 0.0152. The Morgan fingerprint density at radius 2 is 2.38 bits per heavy atom. The van der Waals surface area contributed by atoms with Crippen molar-refractivity contribution in [2.45, 2.75) is 13.3 Å². The second-order valence-corrected chi connectivity index (χ2v) is 3.78. The summed E-state index contributed by atoms with van der Waals surface area (Å²) in [5, 5.41) is 11.9. The molecule has 0 radical (unpaired) electrons. The fourth-order valence-corrected chi connectivity index (χ4v) is 1.74. The summed E-state index contributed by atoms with van der Waals surface area (Å²) in [6, 6.07) is 1.61. The number of amidine groups is 1. The lowest BCUT2D eigenvalue weighted by atomic mass is 10.2. The molecule has 88 valence electrons. The lowest BCUT2D eigenvalue weighted by Crippen LogP contribution is -2.21. The van der Waals surface area contributed by atoms with E-state index in [4.69, 9.17) is 22.5 Å². The molecule has 1 aromatic rings. The number of pyridine rings is 1. The predicted molar refractivity (Wildman–Crippen MR) is 65.3 cm³/mol. The third-order valence-electron chi connectivity index (χ3n) is 2.18. The third-order valence-corrected chi connectivity index (χ3v) is 2.55. The molecule has 0 spiro atoms. The average molecular weight is 243 g/mol. The Balaban J connectivity index is 3.13. The van der Waals surface area contributed by atoms with Crippen molar-refractivity contribution in [1.82, 2.24) is 4.98 Å². The van der Waals surface area contributed by atoms with Gasteiger partial charge in [0.15, 0.2) is 5.84 Å². The number of anilines is 1. The Morgan fingerprint density at radius 1 is 1.69 bits per heavy atom. The van der Waals surface area contributed by atoms with Crippen molar-refractivity contribution >= 4 is 23.3 Å². The highest BCUT2D eigenvalue weighted by Gasteiger charge is 2.13. The first-order valence-corrected chi connectivity index (χ1v) is 5.33. The van der Waals surface area contributed by atoms with Crippen molar-refractivity contribution in [3.05, 3.63) is 22.8 Å². The molecule has 0 fully saturated rings. The molecule has 3 N–H and O–H groups in total. The van der Waals surface area contributed by atoms with Crippen LogP contribution in [-0.2, 0) is 0 Å². The normalized spacial score (nSPS) is 11.6. The quantitative estimate of drug-likeness (QED) is 0.365. The zero-order chi connectivity index (χ0) is 12.1. The van der Waals surface area contributed by atoms with Crippen LogP contribution in [0, 0.1) is 0 Å². The summed E-state index contributed by atoms with van der Waals surface area (Å²) >= 11 is 6.14. The van der Waals surface area contributed by atoms with Gasteiger partial charge in [0, 0.05) is 25.4 Å². The van der Waals surface area contributed by atoms with E-state index in [-0.39, 0.29) is 5.84 Å². The van der Waals surface area contributed by atoms with Crippen LogP contribution in [0.15, 0.2) is 17.4 Å². The van der Waals surface area contributed by atoms with Gasteiger partial charge < -0.3 is 15.8 Å². The highest BCUT2D eigenvalue weighted by Crippen LogP contribution is 2.25. The number of nitrogens with zero attached hydrogens (tertiary/aromatic N) is 3. The molecule has 0 saturated heterocycles. The lowest BCUT2D eigenvalue weighted by Gasteiger charge is -2.19. The first kappa shape index (κ1) is 12.6. The minimum Gasteiger partial charge on any atom is -0.409 e. The molecule has 0 bridgehead atoms. The van der Waals surface area contributed by atoms with Gasteiger partial charge in [0.05, 0.1) is 5.02 Å². The summed E-state index contributed by atoms with van der Waals surface area (Å²) in [5.41, 5.74) is 5.99. The third kappa shape index (κ3) is 2.55. The number of hydrogen-bond donors (Lipinski definition) is 2. The van der Waals surface area contributed by atoms with Gasteiger partial charge in [0.1, 0.15) is 5.82 Å². The van der Waals surface area contributed by atoms with Gasteiger partial charge in [-0.15, -0.1) is 0 Å². The standard InChI is InChI=1S/C10H15ClN4O/c1-3-6-15(2)10-8(11)7(4-5-13-10)9(12)14-16/h4-5,16H,3,6H2,1-2H3,(H2,12,14). The van der Waals surface area contributed by atoms with E-state index >= 15 is 0 Å². The molecule has 0 saturated carbocycles. The van der Waals surface area contributed by atoms with E-state index in [1.165, 1.54) is 0 Å². The molecule has 1 rings (SSSR count). The monoisotopic (exact) mass is 242 g/mol. The Morgan fingerprint density at radius 3 is 2.94 bits per heavy atom. The number of halogens is 1. The van der Waals surface area contributed by atoms with Crippen LogP contribution in [0.4, 0.5) is 5.82 Å². The first-order valence-electron chi connectivity index (χ1n) is 4.95. The zero-order valence-electron chi connectivity index (χ0n) is 9.31. The van der Waals surface area contributed by atoms with Crippen molar-refractivity contribution in [3.63, 3.8) is 0 Å². The van der Waals surface area contributed by atoms with Crippen molar-refractivity contribution in [1.29, 1.82) is 0 Å². The predicted octanol–water partition coefficient (Wildman–Crippen LogP) is 1.68. The van der Waals surface area contributed by atoms with Gasteiger partial charge in [0.2, 0.25) is 0 Å². The summed E-state index contributed by atoms with van der Waals surface area (Å²) in [7, 11) is 1.90. The fraction of sp³-hybridized carbons (Fsp3) is 0.400. The summed E-state index contributed by atoms with van der Waals surface area (Å²) < 4.78 is 0. The molecular weight excluding hydrogens is 228 g/mol. The summed E-state index contributed by atoms with van der Waals surface area (Å²) in [6.45, 7) is 2.91. The van der Waals surface area contributed by atoms with E-state index in [9.17, 15) is 0 Å². The summed E-state index contributed by atoms with van der Waals surface area (Å²) in [5.74, 6) is 0.617. The maximum atomic E-state index is 8.62. The van der Waals surface area contributed by atoms with Crippen LogP contribution >= 0.6 is 11.6 Å². The van der Waals surface area contributed by atoms with Gasteiger partial charge in [-0.05, 0) is 12.5 Å². The first-order chi connectivity index (χ1) is 7.61. The molecule has 5 nitrogen and oxygen atoms in total. The Hall–Kier alpha value is -1.49. The average Bonchev–Trinajstić information content (AvgIpc) is 2.28. The summed E-state index contributed by atoms with van der Waals surface area (Å²) in [6.07, 6.45) is 2.57. The van der Waals surface area contributed by atoms with Crippen LogP contribution in [0.1, 0.15) is 18.9 Å². The van der Waals surface area contributed by atoms with Crippen LogP contribution in [-0.4, -0.2) is 29.6 Å². The highest BCUT2D eigenvalue weighted by atomic mass is 35.5. The van der Waals surface area contributed by atoms with Crippen LogP contribution in [0.5, 0.6) is 0 Å². The molecular formula is C10H15ClN4O. The van der Waals surface area contributed by atoms with Gasteiger partial charge in [0.25, 0.3) is 0 Å². The van der Waals surface area contributed by atoms with E-state index in [2.05, 4.69) is 17.1 Å². The number of aromatic nitrogens is 1. The second-order valence-electron chi connectivity index (χ2n) is 3.40. The van der Waals surface area contributed by atoms with Gasteiger partial charge in [-0.25, -0.2) is 4.98 Å². The van der Waals surface area contributed by atoms with Crippen molar-refractivity contribution in [2.75, 3.05) is 18.5 Å². The number of hydrogen-bond acceptors (Lipinski definition) is 4. The van der Waals surface area contributed by atoms with Crippen LogP contribution in [0.3, 0.4) is 0 Å². The molecule has 1 aromatic heterocycles. The number of oxime groups is 1. The SMILES string of the molecule is CCCN(C)c1nccc(/C(N)=N/O)c1Cl. The largest absolute Gasteiger partial charge is 0.409 e. The molecule has 16 heavy (non-hydrogen) atoms. The van der Waals surface area contributed by atoms with Crippen molar-refractivity contribution in [2.24, 2.45) is 10.9 Å². The van der Waals surface area contributed by atoms with Crippen LogP contribution < -0.4 is 10.6 Å². The Kier molecular flexibility index (Phi) is 4.37. The van der Waals surface area contributed by atoms with Gasteiger partial charge in [-0.2, -0.15) is 0 Å². The topological polar surface area (TPSA) is 74.7 Å². The van der Waals surface area contributed by atoms with E-state index < -0.39 is 0 Å². The number of rotatable bonds is 4. The molecule has 0 aliphatic carbocycles. The number of nitrogens with two attached hydrogens (primary N) is 1.